The van der Waals surface area contributed by atoms with Gasteiger partial charge in [0.25, 0.3) is 0 Å². The maximum Gasteiger partial charge on any atom is 0.224 e. The van der Waals surface area contributed by atoms with E-state index in [-0.39, 0.29) is 5.91 Å². The third-order valence-corrected chi connectivity index (χ3v) is 3.83. The maximum atomic E-state index is 12.0. The first-order chi connectivity index (χ1) is 10.2. The Balaban J connectivity index is 2.38. The summed E-state index contributed by atoms with van der Waals surface area (Å²) in [5, 5.41) is 2.98. The van der Waals surface area contributed by atoms with Gasteiger partial charge in [0.05, 0.1) is 0 Å². The molecule has 3 nitrogen and oxygen atoms in total. The van der Waals surface area contributed by atoms with Crippen LogP contribution >= 0.6 is 0 Å². The zero-order chi connectivity index (χ0) is 15.5. The lowest BCUT2D eigenvalue weighted by molar-refractivity contribution is -0.116. The number of carbonyl (C=O) groups is 1. The van der Waals surface area contributed by atoms with Gasteiger partial charge in [-0.15, -0.1) is 0 Å². The van der Waals surface area contributed by atoms with E-state index in [0.717, 1.165) is 44.2 Å². The van der Waals surface area contributed by atoms with Crippen LogP contribution < -0.4 is 11.1 Å². The number of hydrogen-bond donors (Lipinski definition) is 2. The lowest BCUT2D eigenvalue weighted by Gasteiger charge is -2.14. The molecule has 3 heteroatoms. The van der Waals surface area contributed by atoms with Gasteiger partial charge in [-0.05, 0) is 49.4 Å². The standard InChI is InChI=1S/C18H30N2O/c1-3-5-15-7-10-17(11-8-15)20-18(21)12-9-16(6-4-2)13-14-19/h7-8,10-11,16H,3-6,9,12-14,19H2,1-2H3,(H,20,21). The smallest absolute Gasteiger partial charge is 0.224 e. The van der Waals surface area contributed by atoms with Crippen molar-refractivity contribution in [3.8, 4) is 0 Å². The molecule has 1 rings (SSSR count). The van der Waals surface area contributed by atoms with Crippen LogP contribution in [0.2, 0.25) is 0 Å². The highest BCUT2D eigenvalue weighted by atomic mass is 16.1. The van der Waals surface area contributed by atoms with Crippen molar-refractivity contribution in [1.82, 2.24) is 0 Å². The molecule has 118 valence electrons. The number of benzene rings is 1. The number of hydrogen-bond acceptors (Lipinski definition) is 2. The highest BCUT2D eigenvalue weighted by Crippen LogP contribution is 2.18. The summed E-state index contributed by atoms with van der Waals surface area (Å²) >= 11 is 0. The summed E-state index contributed by atoms with van der Waals surface area (Å²) in [6, 6.07) is 8.17. The van der Waals surface area contributed by atoms with E-state index >= 15 is 0 Å². The minimum absolute atomic E-state index is 0.108. The van der Waals surface area contributed by atoms with Crippen LogP contribution in [0.1, 0.15) is 57.9 Å². The van der Waals surface area contributed by atoms with E-state index in [2.05, 4.69) is 31.3 Å². The molecule has 0 fully saturated rings. The van der Waals surface area contributed by atoms with Crippen LogP contribution in [0.25, 0.3) is 0 Å². The maximum absolute atomic E-state index is 12.0. The minimum atomic E-state index is 0.108. The predicted molar refractivity (Wildman–Crippen MR) is 90.4 cm³/mol. The molecule has 0 bridgehead atoms. The molecule has 1 aromatic rings. The number of nitrogens with two attached hydrogens (primary N) is 1. The first kappa shape index (κ1) is 17.7. The summed E-state index contributed by atoms with van der Waals surface area (Å²) < 4.78 is 0. The molecule has 0 saturated carbocycles. The molecule has 0 aliphatic rings. The molecule has 0 heterocycles. The zero-order valence-corrected chi connectivity index (χ0v) is 13.5. The fourth-order valence-corrected chi connectivity index (χ4v) is 2.68. The van der Waals surface area contributed by atoms with Crippen LogP contribution in [-0.4, -0.2) is 12.5 Å². The molecule has 0 radical (unpaired) electrons. The normalized spacial score (nSPS) is 12.1. The summed E-state index contributed by atoms with van der Waals surface area (Å²) in [7, 11) is 0. The summed E-state index contributed by atoms with van der Waals surface area (Å²) in [4.78, 5) is 12.0. The van der Waals surface area contributed by atoms with Crippen LogP contribution in [0.5, 0.6) is 0 Å². The van der Waals surface area contributed by atoms with Crippen LogP contribution in [0.4, 0.5) is 5.69 Å². The largest absolute Gasteiger partial charge is 0.330 e. The summed E-state index contributed by atoms with van der Waals surface area (Å²) in [5.74, 6) is 0.689. The number of anilines is 1. The molecule has 21 heavy (non-hydrogen) atoms. The Kier molecular flexibility index (Phi) is 8.76. The minimum Gasteiger partial charge on any atom is -0.330 e. The highest BCUT2D eigenvalue weighted by Gasteiger charge is 2.10. The number of carbonyl (C=O) groups excluding carboxylic acids is 1. The first-order valence-corrected chi connectivity index (χ1v) is 8.28. The van der Waals surface area contributed by atoms with E-state index in [4.69, 9.17) is 5.73 Å². The lowest BCUT2D eigenvalue weighted by atomic mass is 9.94. The number of amides is 1. The Bertz CT molecular complexity index is 394. The van der Waals surface area contributed by atoms with Crippen molar-refractivity contribution in [1.29, 1.82) is 0 Å². The highest BCUT2D eigenvalue weighted by molar-refractivity contribution is 5.90. The van der Waals surface area contributed by atoms with Gasteiger partial charge >= 0.3 is 0 Å². The van der Waals surface area contributed by atoms with Crippen LogP contribution in [-0.2, 0) is 11.2 Å². The summed E-state index contributed by atoms with van der Waals surface area (Å²) in [6.45, 7) is 5.07. The second-order valence-electron chi connectivity index (χ2n) is 5.77. The number of nitrogens with one attached hydrogen (secondary N) is 1. The molecule has 1 aromatic carbocycles. The molecule has 1 atom stereocenters. The van der Waals surface area contributed by atoms with E-state index in [0.29, 0.717) is 18.9 Å². The molecule has 1 amide bonds. The summed E-state index contributed by atoms with van der Waals surface area (Å²) in [6.07, 6.45) is 7.10. The van der Waals surface area contributed by atoms with Crippen molar-refractivity contribution in [2.24, 2.45) is 11.7 Å². The van der Waals surface area contributed by atoms with Crippen LogP contribution in [0, 0.1) is 5.92 Å². The van der Waals surface area contributed by atoms with Gasteiger partial charge in [0.1, 0.15) is 0 Å². The van der Waals surface area contributed by atoms with Gasteiger partial charge in [-0.3, -0.25) is 4.79 Å². The van der Waals surface area contributed by atoms with E-state index in [1.165, 1.54) is 5.56 Å². The average Bonchev–Trinajstić information content (AvgIpc) is 2.48. The van der Waals surface area contributed by atoms with E-state index in [1.54, 1.807) is 0 Å². The number of aryl methyl sites for hydroxylation is 1. The first-order valence-electron chi connectivity index (χ1n) is 8.28. The number of rotatable bonds is 10. The quantitative estimate of drug-likeness (QED) is 0.681. The molecule has 1 unspecified atom stereocenters. The second-order valence-corrected chi connectivity index (χ2v) is 5.77. The van der Waals surface area contributed by atoms with Gasteiger partial charge in [-0.1, -0.05) is 45.2 Å². The van der Waals surface area contributed by atoms with Gasteiger partial charge in [0, 0.05) is 12.1 Å². The van der Waals surface area contributed by atoms with Crippen LogP contribution in [0.15, 0.2) is 24.3 Å². The van der Waals surface area contributed by atoms with Gasteiger partial charge in [-0.2, -0.15) is 0 Å². The Morgan fingerprint density at radius 3 is 2.38 bits per heavy atom. The van der Waals surface area contributed by atoms with E-state index < -0.39 is 0 Å². The van der Waals surface area contributed by atoms with Crippen molar-refractivity contribution in [3.63, 3.8) is 0 Å². The van der Waals surface area contributed by atoms with Gasteiger partial charge in [-0.25, -0.2) is 0 Å². The Morgan fingerprint density at radius 1 is 1.10 bits per heavy atom. The molecule has 0 aliphatic carbocycles. The van der Waals surface area contributed by atoms with Crippen molar-refractivity contribution in [3.05, 3.63) is 29.8 Å². The van der Waals surface area contributed by atoms with Crippen molar-refractivity contribution >= 4 is 11.6 Å². The van der Waals surface area contributed by atoms with Gasteiger partial charge in [0.2, 0.25) is 5.91 Å². The zero-order valence-electron chi connectivity index (χ0n) is 13.5. The second kappa shape index (κ2) is 10.4. The third kappa shape index (κ3) is 7.28. The third-order valence-electron chi connectivity index (χ3n) is 3.83. The molecule has 0 spiro atoms. The Labute approximate surface area is 129 Å². The molecular weight excluding hydrogens is 260 g/mol. The SMILES string of the molecule is CCCc1ccc(NC(=O)CCC(CCC)CCN)cc1. The Hall–Kier alpha value is -1.35. The summed E-state index contributed by atoms with van der Waals surface area (Å²) in [5.41, 5.74) is 7.84. The molecule has 0 aliphatic heterocycles. The monoisotopic (exact) mass is 290 g/mol. The van der Waals surface area contributed by atoms with Gasteiger partial charge in [0.15, 0.2) is 0 Å². The molecule has 0 saturated heterocycles. The lowest BCUT2D eigenvalue weighted by Crippen LogP contribution is -2.15. The average molecular weight is 290 g/mol. The van der Waals surface area contributed by atoms with Gasteiger partial charge < -0.3 is 11.1 Å². The van der Waals surface area contributed by atoms with E-state index in [9.17, 15) is 4.79 Å². The predicted octanol–water partition coefficient (Wildman–Crippen LogP) is 4.12. The Morgan fingerprint density at radius 2 is 1.81 bits per heavy atom. The topological polar surface area (TPSA) is 55.1 Å². The van der Waals surface area contributed by atoms with Crippen molar-refractivity contribution in [2.75, 3.05) is 11.9 Å². The molecule has 0 aromatic heterocycles. The molecule has 3 N–H and O–H groups in total. The fourth-order valence-electron chi connectivity index (χ4n) is 2.68. The van der Waals surface area contributed by atoms with Crippen molar-refractivity contribution < 1.29 is 4.79 Å². The van der Waals surface area contributed by atoms with Crippen molar-refractivity contribution in [2.45, 2.75) is 58.8 Å². The fraction of sp³-hybridized carbons (Fsp3) is 0.611. The van der Waals surface area contributed by atoms with Crippen LogP contribution in [0.3, 0.4) is 0 Å². The molecular formula is C18H30N2O. The van der Waals surface area contributed by atoms with E-state index in [1.807, 2.05) is 12.1 Å².